The van der Waals surface area contributed by atoms with Gasteiger partial charge >= 0.3 is 0 Å². The van der Waals surface area contributed by atoms with Crippen LogP contribution in [0.2, 0.25) is 5.02 Å². The summed E-state index contributed by atoms with van der Waals surface area (Å²) in [7, 11) is 1.58. The van der Waals surface area contributed by atoms with E-state index in [-0.39, 0.29) is 25.0 Å². The summed E-state index contributed by atoms with van der Waals surface area (Å²) < 4.78 is 6.75. The number of benzene rings is 4. The van der Waals surface area contributed by atoms with Gasteiger partial charge in [0, 0.05) is 25.0 Å². The van der Waals surface area contributed by atoms with E-state index in [1.165, 1.54) is 0 Å². The van der Waals surface area contributed by atoms with E-state index in [2.05, 4.69) is 21.2 Å². The van der Waals surface area contributed by atoms with Gasteiger partial charge in [0.2, 0.25) is 5.91 Å². The number of rotatable bonds is 9. The van der Waals surface area contributed by atoms with Gasteiger partial charge in [-0.15, -0.1) is 0 Å². The van der Waals surface area contributed by atoms with Crippen molar-refractivity contribution in [3.8, 4) is 5.75 Å². The number of likely N-dealkylation sites (N-methyl/N-ethyl adjacent to an activating group) is 1. The smallest absolute Gasteiger partial charge is 0.261 e. The van der Waals surface area contributed by atoms with Gasteiger partial charge in [0.1, 0.15) is 11.8 Å². The zero-order chi connectivity index (χ0) is 25.5. The van der Waals surface area contributed by atoms with E-state index in [0.717, 1.165) is 26.4 Å². The largest absolute Gasteiger partial charge is 0.483 e. The third kappa shape index (κ3) is 6.25. The normalized spacial score (nSPS) is 11.6. The maximum absolute atomic E-state index is 13.6. The van der Waals surface area contributed by atoms with Crippen molar-refractivity contribution in [3.05, 3.63) is 112 Å². The van der Waals surface area contributed by atoms with Crippen molar-refractivity contribution < 1.29 is 14.3 Å². The Hall–Kier alpha value is -3.35. The Morgan fingerprint density at radius 2 is 1.61 bits per heavy atom. The number of carbonyl (C=O) groups is 2. The number of nitrogens with one attached hydrogen (secondary N) is 1. The van der Waals surface area contributed by atoms with Crippen LogP contribution in [0.25, 0.3) is 10.8 Å². The van der Waals surface area contributed by atoms with Crippen LogP contribution in [-0.2, 0) is 22.6 Å². The Kier molecular flexibility index (Phi) is 8.62. The molecule has 0 aliphatic heterocycles. The third-order valence-corrected chi connectivity index (χ3v) is 7.03. The van der Waals surface area contributed by atoms with Crippen molar-refractivity contribution in [2.45, 2.75) is 19.0 Å². The molecule has 0 heterocycles. The molecule has 4 aromatic carbocycles. The molecule has 0 radical (unpaired) electrons. The first-order valence-electron chi connectivity index (χ1n) is 11.6. The number of nitrogens with zero attached hydrogens (tertiary/aromatic N) is 1. The lowest BCUT2D eigenvalue weighted by atomic mass is 10.0. The molecule has 0 aliphatic carbocycles. The number of halogens is 2. The summed E-state index contributed by atoms with van der Waals surface area (Å²) >= 11 is 9.67. The first-order valence-corrected chi connectivity index (χ1v) is 12.7. The van der Waals surface area contributed by atoms with Crippen molar-refractivity contribution in [1.29, 1.82) is 0 Å². The van der Waals surface area contributed by atoms with Crippen LogP contribution in [0.4, 0.5) is 0 Å². The van der Waals surface area contributed by atoms with Crippen LogP contribution in [0.3, 0.4) is 0 Å². The van der Waals surface area contributed by atoms with Gasteiger partial charge in [-0.2, -0.15) is 0 Å². The van der Waals surface area contributed by atoms with Gasteiger partial charge in [-0.3, -0.25) is 9.59 Å². The number of amides is 2. The van der Waals surface area contributed by atoms with E-state index >= 15 is 0 Å². The Bertz CT molecular complexity index is 1350. The second-order valence-corrected chi connectivity index (χ2v) is 9.58. The highest BCUT2D eigenvalue weighted by molar-refractivity contribution is 9.10. The predicted octanol–water partition coefficient (Wildman–Crippen LogP) is 6.02. The SMILES string of the molecule is CNC(=O)[C@@H](Cc1ccccc1)N(Cc1ccc(Cl)cc1)C(=O)COc1ccc2ccccc2c1Br. The number of ether oxygens (including phenoxy) is 1. The fraction of sp³-hybridized carbons (Fsp3) is 0.172. The molecule has 4 aromatic rings. The second kappa shape index (κ2) is 12.1. The van der Waals surface area contributed by atoms with Crippen molar-refractivity contribution in [1.82, 2.24) is 10.2 Å². The summed E-state index contributed by atoms with van der Waals surface area (Å²) in [6, 6.07) is 27.9. The van der Waals surface area contributed by atoms with E-state index in [1.807, 2.05) is 78.9 Å². The summed E-state index contributed by atoms with van der Waals surface area (Å²) in [6.45, 7) is 0.0238. The third-order valence-electron chi connectivity index (χ3n) is 5.96. The Labute approximate surface area is 224 Å². The summed E-state index contributed by atoms with van der Waals surface area (Å²) in [5.74, 6) is 0.0237. The lowest BCUT2D eigenvalue weighted by Gasteiger charge is -2.31. The molecular weight excluding hydrogens is 540 g/mol. The van der Waals surface area contributed by atoms with Crippen molar-refractivity contribution in [3.63, 3.8) is 0 Å². The van der Waals surface area contributed by atoms with Crippen molar-refractivity contribution in [2.24, 2.45) is 0 Å². The Morgan fingerprint density at radius 3 is 2.33 bits per heavy atom. The van der Waals surface area contributed by atoms with Gasteiger partial charge in [0.15, 0.2) is 6.61 Å². The lowest BCUT2D eigenvalue weighted by Crippen LogP contribution is -2.51. The molecule has 0 aromatic heterocycles. The highest BCUT2D eigenvalue weighted by Gasteiger charge is 2.30. The summed E-state index contributed by atoms with van der Waals surface area (Å²) in [4.78, 5) is 28.2. The van der Waals surface area contributed by atoms with Crippen LogP contribution in [0, 0.1) is 0 Å². The molecule has 5 nitrogen and oxygen atoms in total. The molecule has 0 aliphatic rings. The van der Waals surface area contributed by atoms with Crippen LogP contribution < -0.4 is 10.1 Å². The standard InChI is InChI=1S/C29H26BrClN2O3/c1-32-29(35)25(17-20-7-3-2-4-8-20)33(18-21-11-14-23(31)15-12-21)27(34)19-36-26-16-13-22-9-5-6-10-24(22)28(26)30/h2-16,25H,17-19H2,1H3,(H,32,35)/t25-/m1/s1. The maximum atomic E-state index is 13.6. The monoisotopic (exact) mass is 564 g/mol. The maximum Gasteiger partial charge on any atom is 0.261 e. The quantitative estimate of drug-likeness (QED) is 0.270. The van der Waals surface area contributed by atoms with Gasteiger partial charge in [0.05, 0.1) is 4.47 Å². The fourth-order valence-electron chi connectivity index (χ4n) is 4.05. The molecule has 36 heavy (non-hydrogen) atoms. The van der Waals surface area contributed by atoms with Crippen LogP contribution in [0.1, 0.15) is 11.1 Å². The van der Waals surface area contributed by atoms with Gasteiger partial charge < -0.3 is 15.0 Å². The van der Waals surface area contributed by atoms with Gasteiger partial charge in [-0.25, -0.2) is 0 Å². The average Bonchev–Trinajstić information content (AvgIpc) is 2.91. The van der Waals surface area contributed by atoms with Gasteiger partial charge in [-0.1, -0.05) is 84.4 Å². The number of carbonyl (C=O) groups excluding carboxylic acids is 2. The molecule has 7 heteroatoms. The molecule has 0 fully saturated rings. The lowest BCUT2D eigenvalue weighted by molar-refractivity contribution is -0.142. The molecule has 0 spiro atoms. The topological polar surface area (TPSA) is 58.6 Å². The average molecular weight is 566 g/mol. The molecule has 0 unspecified atom stereocenters. The molecule has 1 N–H and O–H groups in total. The second-order valence-electron chi connectivity index (χ2n) is 8.36. The molecule has 2 amide bonds. The number of fused-ring (bicyclic) bond motifs is 1. The predicted molar refractivity (Wildman–Crippen MR) is 147 cm³/mol. The molecular formula is C29H26BrClN2O3. The minimum atomic E-state index is -0.718. The summed E-state index contributed by atoms with van der Waals surface area (Å²) in [6.07, 6.45) is 0.375. The molecule has 184 valence electrons. The van der Waals surface area contributed by atoms with Crippen molar-refractivity contribution in [2.75, 3.05) is 13.7 Å². The highest BCUT2D eigenvalue weighted by Crippen LogP contribution is 2.33. The first kappa shape index (κ1) is 25.7. The van der Waals surface area contributed by atoms with E-state index in [4.69, 9.17) is 16.3 Å². The zero-order valence-corrected chi connectivity index (χ0v) is 22.1. The Balaban J connectivity index is 1.61. The fourth-order valence-corrected chi connectivity index (χ4v) is 4.79. The highest BCUT2D eigenvalue weighted by atomic mass is 79.9. The minimum Gasteiger partial charge on any atom is -0.483 e. The van der Waals surface area contributed by atoms with E-state index in [1.54, 1.807) is 24.1 Å². The Morgan fingerprint density at radius 1 is 0.917 bits per heavy atom. The molecule has 1 atom stereocenters. The van der Waals surface area contributed by atoms with Crippen LogP contribution in [0.15, 0.2) is 95.5 Å². The van der Waals surface area contributed by atoms with Gasteiger partial charge in [-0.05, 0) is 56.0 Å². The van der Waals surface area contributed by atoms with Crippen LogP contribution >= 0.6 is 27.5 Å². The van der Waals surface area contributed by atoms with Gasteiger partial charge in [0.25, 0.3) is 5.91 Å². The zero-order valence-electron chi connectivity index (χ0n) is 19.8. The van der Waals surface area contributed by atoms with E-state index < -0.39 is 6.04 Å². The van der Waals surface area contributed by atoms with E-state index in [9.17, 15) is 9.59 Å². The molecule has 4 rings (SSSR count). The first-order chi connectivity index (χ1) is 17.5. The van der Waals surface area contributed by atoms with Crippen LogP contribution in [-0.4, -0.2) is 36.4 Å². The number of hydrogen-bond donors (Lipinski definition) is 1. The van der Waals surface area contributed by atoms with Crippen LogP contribution in [0.5, 0.6) is 5.75 Å². The summed E-state index contributed by atoms with van der Waals surface area (Å²) in [5, 5.41) is 5.38. The summed E-state index contributed by atoms with van der Waals surface area (Å²) in [5.41, 5.74) is 1.82. The number of hydrogen-bond acceptors (Lipinski definition) is 3. The molecule has 0 bridgehead atoms. The van der Waals surface area contributed by atoms with Crippen molar-refractivity contribution >= 4 is 50.1 Å². The molecule has 0 saturated heterocycles. The molecule has 0 saturated carbocycles. The minimum absolute atomic E-state index is 0.215. The van der Waals surface area contributed by atoms with E-state index in [0.29, 0.717) is 17.2 Å².